The molecule has 0 spiro atoms. The molecule has 2 rings (SSSR count). The molecule has 0 amide bonds. The Morgan fingerprint density at radius 2 is 2.26 bits per heavy atom. The smallest absolute Gasteiger partial charge is 0.134 e. The standard InChI is InChI=1S/C16H23NO2/c1-12-6-7-16(19-3)15(9-12)11-17-8-4-5-14(10-17)13(2)18/h6-7,9,14H,4-5,8,10-11H2,1-3H3. The Morgan fingerprint density at radius 3 is 2.95 bits per heavy atom. The number of nitrogens with zero attached hydrogens (tertiary/aromatic N) is 1. The number of carbonyl (C=O) groups excluding carboxylic acids is 1. The van der Waals surface area contributed by atoms with E-state index >= 15 is 0 Å². The molecule has 0 aromatic heterocycles. The van der Waals surface area contributed by atoms with Crippen LogP contribution in [0.25, 0.3) is 0 Å². The lowest BCUT2D eigenvalue weighted by atomic mass is 9.94. The van der Waals surface area contributed by atoms with Crippen molar-refractivity contribution in [3.8, 4) is 5.75 Å². The fourth-order valence-corrected chi connectivity index (χ4v) is 2.80. The number of benzene rings is 1. The largest absolute Gasteiger partial charge is 0.496 e. The van der Waals surface area contributed by atoms with E-state index in [4.69, 9.17) is 4.74 Å². The predicted molar refractivity (Wildman–Crippen MR) is 76.4 cm³/mol. The van der Waals surface area contributed by atoms with Crippen LogP contribution in [-0.4, -0.2) is 30.9 Å². The third-order valence-electron chi connectivity index (χ3n) is 3.91. The molecular weight excluding hydrogens is 238 g/mol. The van der Waals surface area contributed by atoms with E-state index < -0.39 is 0 Å². The Bertz CT molecular complexity index is 456. The molecule has 1 saturated heterocycles. The highest BCUT2D eigenvalue weighted by molar-refractivity contribution is 5.78. The van der Waals surface area contributed by atoms with Crippen LogP contribution in [0.2, 0.25) is 0 Å². The lowest BCUT2D eigenvalue weighted by Gasteiger charge is -2.31. The number of hydrogen-bond donors (Lipinski definition) is 0. The van der Waals surface area contributed by atoms with Crippen LogP contribution in [0.3, 0.4) is 0 Å². The number of piperidine rings is 1. The van der Waals surface area contributed by atoms with E-state index in [9.17, 15) is 4.79 Å². The van der Waals surface area contributed by atoms with E-state index in [0.717, 1.165) is 38.2 Å². The van der Waals surface area contributed by atoms with Gasteiger partial charge in [0.25, 0.3) is 0 Å². The van der Waals surface area contributed by atoms with Gasteiger partial charge in [0.05, 0.1) is 7.11 Å². The first-order chi connectivity index (χ1) is 9.10. The van der Waals surface area contributed by atoms with E-state index in [1.54, 1.807) is 14.0 Å². The topological polar surface area (TPSA) is 29.5 Å². The monoisotopic (exact) mass is 261 g/mol. The van der Waals surface area contributed by atoms with Crippen molar-refractivity contribution in [2.24, 2.45) is 5.92 Å². The van der Waals surface area contributed by atoms with Crippen molar-refractivity contribution in [1.29, 1.82) is 0 Å². The maximum atomic E-state index is 11.5. The van der Waals surface area contributed by atoms with E-state index in [-0.39, 0.29) is 5.92 Å². The van der Waals surface area contributed by atoms with Crippen LogP contribution in [0.4, 0.5) is 0 Å². The summed E-state index contributed by atoms with van der Waals surface area (Å²) in [6.07, 6.45) is 2.15. The summed E-state index contributed by atoms with van der Waals surface area (Å²) in [6.45, 7) is 6.63. The zero-order chi connectivity index (χ0) is 13.8. The Balaban J connectivity index is 2.08. The van der Waals surface area contributed by atoms with Crippen LogP contribution in [-0.2, 0) is 11.3 Å². The Morgan fingerprint density at radius 1 is 1.47 bits per heavy atom. The van der Waals surface area contributed by atoms with Crippen LogP contribution in [0.5, 0.6) is 5.75 Å². The zero-order valence-corrected chi connectivity index (χ0v) is 12.1. The number of Topliss-reactive ketones (excluding diaryl/α,β-unsaturated/α-hetero) is 1. The summed E-state index contributed by atoms with van der Waals surface area (Å²) in [5.41, 5.74) is 2.46. The lowest BCUT2D eigenvalue weighted by molar-refractivity contribution is -0.122. The molecule has 1 aromatic rings. The second kappa shape index (κ2) is 6.20. The minimum Gasteiger partial charge on any atom is -0.496 e. The molecule has 0 aliphatic carbocycles. The van der Waals surface area contributed by atoms with Gasteiger partial charge < -0.3 is 4.74 Å². The molecule has 1 unspecified atom stereocenters. The third-order valence-corrected chi connectivity index (χ3v) is 3.91. The summed E-state index contributed by atoms with van der Waals surface area (Å²) in [6, 6.07) is 6.27. The van der Waals surface area contributed by atoms with Crippen molar-refractivity contribution in [2.45, 2.75) is 33.2 Å². The van der Waals surface area contributed by atoms with Crippen molar-refractivity contribution < 1.29 is 9.53 Å². The molecule has 1 aromatic carbocycles. The Hall–Kier alpha value is -1.35. The van der Waals surface area contributed by atoms with Crippen LogP contribution < -0.4 is 4.74 Å². The minimum atomic E-state index is 0.213. The molecule has 0 N–H and O–H groups in total. The van der Waals surface area contributed by atoms with Gasteiger partial charge in [0.1, 0.15) is 11.5 Å². The molecule has 1 heterocycles. The summed E-state index contributed by atoms with van der Waals surface area (Å²) >= 11 is 0. The van der Waals surface area contributed by atoms with Crippen molar-refractivity contribution >= 4 is 5.78 Å². The van der Waals surface area contributed by atoms with E-state index in [1.165, 1.54) is 11.1 Å². The van der Waals surface area contributed by atoms with Crippen molar-refractivity contribution in [3.63, 3.8) is 0 Å². The highest BCUT2D eigenvalue weighted by Gasteiger charge is 2.23. The number of rotatable bonds is 4. The number of ether oxygens (including phenoxy) is 1. The van der Waals surface area contributed by atoms with Crippen LogP contribution in [0, 0.1) is 12.8 Å². The number of methoxy groups -OCH3 is 1. The molecule has 1 aliphatic heterocycles. The summed E-state index contributed by atoms with van der Waals surface area (Å²) in [7, 11) is 1.71. The number of ketones is 1. The fraction of sp³-hybridized carbons (Fsp3) is 0.562. The number of likely N-dealkylation sites (tertiary alicyclic amines) is 1. The van der Waals surface area contributed by atoms with Gasteiger partial charge in [0, 0.05) is 24.6 Å². The van der Waals surface area contributed by atoms with Crippen molar-refractivity contribution in [2.75, 3.05) is 20.2 Å². The van der Waals surface area contributed by atoms with Gasteiger partial charge in [0.2, 0.25) is 0 Å². The Kier molecular flexibility index (Phi) is 4.59. The molecule has 0 bridgehead atoms. The molecule has 19 heavy (non-hydrogen) atoms. The first-order valence-electron chi connectivity index (χ1n) is 6.96. The summed E-state index contributed by atoms with van der Waals surface area (Å²) < 4.78 is 5.42. The number of hydrogen-bond acceptors (Lipinski definition) is 3. The minimum absolute atomic E-state index is 0.213. The number of aryl methyl sites for hydroxylation is 1. The number of carbonyl (C=O) groups is 1. The van der Waals surface area contributed by atoms with E-state index in [1.807, 2.05) is 6.07 Å². The molecule has 3 heteroatoms. The highest BCUT2D eigenvalue weighted by atomic mass is 16.5. The second-order valence-corrected chi connectivity index (χ2v) is 5.50. The quantitative estimate of drug-likeness (QED) is 0.834. The van der Waals surface area contributed by atoms with Crippen molar-refractivity contribution in [3.05, 3.63) is 29.3 Å². The van der Waals surface area contributed by atoms with Gasteiger partial charge in [-0.15, -0.1) is 0 Å². The molecule has 3 nitrogen and oxygen atoms in total. The average Bonchev–Trinajstić information content (AvgIpc) is 2.39. The van der Waals surface area contributed by atoms with Crippen LogP contribution in [0.1, 0.15) is 30.9 Å². The SMILES string of the molecule is COc1ccc(C)cc1CN1CCCC(C(C)=O)C1. The van der Waals surface area contributed by atoms with E-state index in [0.29, 0.717) is 5.78 Å². The van der Waals surface area contributed by atoms with Gasteiger partial charge in [-0.05, 0) is 39.3 Å². The first kappa shape index (κ1) is 14.1. The van der Waals surface area contributed by atoms with Gasteiger partial charge in [0.15, 0.2) is 0 Å². The Labute approximate surface area is 115 Å². The van der Waals surface area contributed by atoms with Crippen LogP contribution >= 0.6 is 0 Å². The van der Waals surface area contributed by atoms with Gasteiger partial charge in [-0.1, -0.05) is 17.7 Å². The van der Waals surface area contributed by atoms with Crippen molar-refractivity contribution in [1.82, 2.24) is 4.90 Å². The van der Waals surface area contributed by atoms with Gasteiger partial charge in [-0.3, -0.25) is 9.69 Å². The molecule has 1 atom stereocenters. The summed E-state index contributed by atoms with van der Waals surface area (Å²) in [5.74, 6) is 1.47. The van der Waals surface area contributed by atoms with E-state index in [2.05, 4.69) is 24.0 Å². The molecule has 1 fully saturated rings. The predicted octanol–water partition coefficient (Wildman–Crippen LogP) is 2.80. The molecule has 1 aliphatic rings. The first-order valence-corrected chi connectivity index (χ1v) is 6.96. The van der Waals surface area contributed by atoms with Gasteiger partial charge in [-0.2, -0.15) is 0 Å². The molecule has 104 valence electrons. The molecule has 0 saturated carbocycles. The third kappa shape index (κ3) is 3.57. The zero-order valence-electron chi connectivity index (χ0n) is 12.1. The molecular formula is C16H23NO2. The summed E-state index contributed by atoms with van der Waals surface area (Å²) in [5, 5.41) is 0. The average molecular weight is 261 g/mol. The maximum absolute atomic E-state index is 11.5. The normalized spacial score (nSPS) is 20.3. The van der Waals surface area contributed by atoms with Gasteiger partial charge >= 0.3 is 0 Å². The summed E-state index contributed by atoms with van der Waals surface area (Å²) in [4.78, 5) is 13.9. The van der Waals surface area contributed by atoms with Crippen LogP contribution in [0.15, 0.2) is 18.2 Å². The van der Waals surface area contributed by atoms with Gasteiger partial charge in [-0.25, -0.2) is 0 Å². The fourth-order valence-electron chi connectivity index (χ4n) is 2.80. The second-order valence-electron chi connectivity index (χ2n) is 5.50. The highest BCUT2D eigenvalue weighted by Crippen LogP contribution is 2.24. The molecule has 0 radical (unpaired) electrons. The lowest BCUT2D eigenvalue weighted by Crippen LogP contribution is -2.37. The maximum Gasteiger partial charge on any atom is 0.134 e.